The zero-order valence-electron chi connectivity index (χ0n) is 9.01. The normalized spacial score (nSPS) is 10.4. The van der Waals surface area contributed by atoms with E-state index in [9.17, 15) is 0 Å². The number of aromatic nitrogens is 2. The maximum Gasteiger partial charge on any atom is 0.159 e. The molecule has 0 aliphatic carbocycles. The topological polar surface area (TPSA) is 58.0 Å². The van der Waals surface area contributed by atoms with Crippen molar-refractivity contribution in [1.82, 2.24) is 15.4 Å². The molecule has 0 aliphatic heterocycles. The summed E-state index contributed by atoms with van der Waals surface area (Å²) in [6.07, 6.45) is 3.41. The van der Waals surface area contributed by atoms with Crippen molar-refractivity contribution in [2.45, 2.75) is 13.5 Å². The van der Waals surface area contributed by atoms with E-state index in [-0.39, 0.29) is 0 Å². The van der Waals surface area contributed by atoms with E-state index in [1.807, 2.05) is 31.2 Å². The lowest BCUT2D eigenvalue weighted by Crippen LogP contribution is -2.07. The predicted octanol–water partition coefficient (Wildman–Crippen LogP) is 1.93. The molecule has 2 N–H and O–H groups in total. The molecule has 0 saturated carbocycles. The summed E-state index contributed by atoms with van der Waals surface area (Å²) in [5.74, 6) is 0.708. The number of rotatable bonds is 3. The van der Waals surface area contributed by atoms with E-state index in [0.717, 1.165) is 16.7 Å². The van der Waals surface area contributed by atoms with Crippen LogP contribution in [0.15, 0.2) is 36.7 Å². The third-order valence-corrected chi connectivity index (χ3v) is 2.37. The number of hydrogen-bond acceptors (Lipinski definition) is 4. The molecule has 0 bridgehead atoms. The van der Waals surface area contributed by atoms with Crippen LogP contribution in [-0.2, 0) is 6.54 Å². The molecule has 0 radical (unpaired) electrons. The lowest BCUT2D eigenvalue weighted by Gasteiger charge is -2.04. The Hall–Kier alpha value is -1.78. The number of nitrogens with zero attached hydrogens (tertiary/aromatic N) is 2. The Bertz CT molecular complexity index is 468. The van der Waals surface area contributed by atoms with Gasteiger partial charge in [0.2, 0.25) is 0 Å². The van der Waals surface area contributed by atoms with Gasteiger partial charge in [-0.2, -0.15) is 0 Å². The molecule has 16 heavy (non-hydrogen) atoms. The van der Waals surface area contributed by atoms with Crippen molar-refractivity contribution in [2.75, 3.05) is 0 Å². The fourth-order valence-electron chi connectivity index (χ4n) is 1.50. The Balaban J connectivity index is 2.31. The Labute approximate surface area is 94.0 Å². The number of hydroxylamine groups is 1. The van der Waals surface area contributed by atoms with Crippen molar-refractivity contribution >= 4 is 0 Å². The van der Waals surface area contributed by atoms with Crippen LogP contribution in [0.1, 0.15) is 11.1 Å². The molecule has 2 rings (SSSR count). The summed E-state index contributed by atoms with van der Waals surface area (Å²) < 4.78 is 0. The quantitative estimate of drug-likeness (QED) is 0.768. The van der Waals surface area contributed by atoms with E-state index in [1.165, 1.54) is 0 Å². The van der Waals surface area contributed by atoms with Crippen molar-refractivity contribution in [3.05, 3.63) is 47.8 Å². The first kappa shape index (κ1) is 10.7. The molecule has 0 unspecified atom stereocenters. The van der Waals surface area contributed by atoms with Gasteiger partial charge in [-0.15, -0.1) is 0 Å². The first-order chi connectivity index (χ1) is 7.81. The Kier molecular flexibility index (Phi) is 3.24. The summed E-state index contributed by atoms with van der Waals surface area (Å²) in [7, 11) is 0. The van der Waals surface area contributed by atoms with Gasteiger partial charge in [0, 0.05) is 30.1 Å². The van der Waals surface area contributed by atoms with E-state index in [0.29, 0.717) is 12.4 Å². The maximum atomic E-state index is 8.54. The van der Waals surface area contributed by atoms with Crippen LogP contribution in [0.2, 0.25) is 0 Å². The number of benzene rings is 1. The van der Waals surface area contributed by atoms with Crippen molar-refractivity contribution in [3.63, 3.8) is 0 Å². The van der Waals surface area contributed by atoms with E-state index in [2.05, 4.69) is 15.4 Å². The highest BCUT2D eigenvalue weighted by molar-refractivity contribution is 5.59. The monoisotopic (exact) mass is 215 g/mol. The summed E-state index contributed by atoms with van der Waals surface area (Å²) in [6, 6.07) is 7.98. The predicted molar refractivity (Wildman–Crippen MR) is 60.8 cm³/mol. The van der Waals surface area contributed by atoms with Gasteiger partial charge in [-0.3, -0.25) is 0 Å². The van der Waals surface area contributed by atoms with Crippen molar-refractivity contribution in [3.8, 4) is 11.4 Å². The summed E-state index contributed by atoms with van der Waals surface area (Å²) in [6.45, 7) is 2.38. The van der Waals surface area contributed by atoms with E-state index in [1.54, 1.807) is 12.4 Å². The average molecular weight is 215 g/mol. The van der Waals surface area contributed by atoms with Gasteiger partial charge in [0.05, 0.1) is 0 Å². The molecule has 82 valence electrons. The first-order valence-electron chi connectivity index (χ1n) is 5.05. The molecule has 0 saturated heterocycles. The molecule has 0 fully saturated rings. The van der Waals surface area contributed by atoms with E-state index in [4.69, 9.17) is 5.21 Å². The minimum atomic E-state index is 0.355. The second kappa shape index (κ2) is 4.83. The SMILES string of the molecule is Cc1ccccc1-c1ncc(CNO)cn1. The standard InChI is InChI=1S/C12H13N3O/c1-9-4-2-3-5-11(9)12-13-6-10(7-14-12)8-15-16/h2-7,15-16H,8H2,1H3. The van der Waals surface area contributed by atoms with Gasteiger partial charge in [0.25, 0.3) is 0 Å². The van der Waals surface area contributed by atoms with Crippen LogP contribution >= 0.6 is 0 Å². The minimum absolute atomic E-state index is 0.355. The molecule has 1 aromatic carbocycles. The average Bonchev–Trinajstić information content (AvgIpc) is 2.31. The molecule has 0 amide bonds. The molecular weight excluding hydrogens is 202 g/mol. The molecule has 0 spiro atoms. The molecule has 1 aromatic heterocycles. The largest absolute Gasteiger partial charge is 0.316 e. The molecule has 1 heterocycles. The zero-order chi connectivity index (χ0) is 11.4. The van der Waals surface area contributed by atoms with Crippen molar-refractivity contribution < 1.29 is 5.21 Å². The van der Waals surface area contributed by atoms with Gasteiger partial charge in [-0.05, 0) is 12.5 Å². The summed E-state index contributed by atoms with van der Waals surface area (Å²) >= 11 is 0. The molecule has 2 aromatic rings. The lowest BCUT2D eigenvalue weighted by molar-refractivity contribution is 0.161. The van der Waals surface area contributed by atoms with Gasteiger partial charge in [-0.1, -0.05) is 24.3 Å². The summed E-state index contributed by atoms with van der Waals surface area (Å²) in [5.41, 5.74) is 5.10. The Morgan fingerprint density at radius 1 is 1.19 bits per heavy atom. The summed E-state index contributed by atoms with van der Waals surface area (Å²) in [4.78, 5) is 8.53. The highest BCUT2D eigenvalue weighted by Crippen LogP contribution is 2.18. The van der Waals surface area contributed by atoms with Gasteiger partial charge in [-0.25, -0.2) is 15.4 Å². The van der Waals surface area contributed by atoms with Gasteiger partial charge in [0.15, 0.2) is 5.82 Å². The van der Waals surface area contributed by atoms with Crippen molar-refractivity contribution in [2.24, 2.45) is 0 Å². The number of hydrogen-bond donors (Lipinski definition) is 2. The second-order valence-corrected chi connectivity index (χ2v) is 3.56. The smallest absolute Gasteiger partial charge is 0.159 e. The van der Waals surface area contributed by atoms with Gasteiger partial charge < -0.3 is 5.21 Å². The fraction of sp³-hybridized carbons (Fsp3) is 0.167. The van der Waals surface area contributed by atoms with Crippen LogP contribution in [0.4, 0.5) is 0 Å². The lowest BCUT2D eigenvalue weighted by atomic mass is 10.1. The van der Waals surface area contributed by atoms with Crippen LogP contribution in [0, 0.1) is 6.92 Å². The highest BCUT2D eigenvalue weighted by atomic mass is 16.5. The third kappa shape index (κ3) is 2.24. The van der Waals surface area contributed by atoms with Crippen LogP contribution in [0.5, 0.6) is 0 Å². The van der Waals surface area contributed by atoms with Crippen LogP contribution in [0.3, 0.4) is 0 Å². The summed E-state index contributed by atoms with van der Waals surface area (Å²) in [5, 5.41) is 8.54. The highest BCUT2D eigenvalue weighted by Gasteiger charge is 2.03. The van der Waals surface area contributed by atoms with Crippen molar-refractivity contribution in [1.29, 1.82) is 0 Å². The van der Waals surface area contributed by atoms with Crippen LogP contribution in [0.25, 0.3) is 11.4 Å². The third-order valence-electron chi connectivity index (χ3n) is 2.37. The Morgan fingerprint density at radius 2 is 1.88 bits per heavy atom. The Morgan fingerprint density at radius 3 is 2.50 bits per heavy atom. The minimum Gasteiger partial charge on any atom is -0.316 e. The van der Waals surface area contributed by atoms with Crippen LogP contribution < -0.4 is 5.48 Å². The molecular formula is C12H13N3O. The molecule has 4 nitrogen and oxygen atoms in total. The maximum absolute atomic E-state index is 8.54. The first-order valence-corrected chi connectivity index (χ1v) is 5.05. The molecule has 4 heteroatoms. The zero-order valence-corrected chi connectivity index (χ0v) is 9.01. The number of nitrogens with one attached hydrogen (secondary N) is 1. The fourth-order valence-corrected chi connectivity index (χ4v) is 1.50. The molecule has 0 atom stereocenters. The van der Waals surface area contributed by atoms with Crippen LogP contribution in [-0.4, -0.2) is 15.2 Å². The second-order valence-electron chi connectivity index (χ2n) is 3.56. The number of aryl methyl sites for hydroxylation is 1. The van der Waals surface area contributed by atoms with Gasteiger partial charge in [0.1, 0.15) is 0 Å². The van der Waals surface area contributed by atoms with E-state index >= 15 is 0 Å². The van der Waals surface area contributed by atoms with Gasteiger partial charge >= 0.3 is 0 Å². The molecule has 0 aliphatic rings. The van der Waals surface area contributed by atoms with E-state index < -0.39 is 0 Å².